The van der Waals surface area contributed by atoms with Crippen LogP contribution in [0.25, 0.3) is 12.7 Å². The number of ketones is 1. The Kier molecular flexibility index (Phi) is 3.66. The summed E-state index contributed by atoms with van der Waals surface area (Å²) in [6.45, 7) is 7.08. The largest absolute Gasteiger partial charge is 0.338 e. The Balaban J connectivity index is 3.14. The third-order valence-corrected chi connectivity index (χ3v) is 2.30. The Morgan fingerprint density at radius 2 is 2.12 bits per heavy atom. The zero-order valence-electron chi connectivity index (χ0n) is 9.83. The maximum atomic E-state index is 11.6. The van der Waals surface area contributed by atoms with Crippen molar-refractivity contribution < 1.29 is 4.79 Å². The minimum absolute atomic E-state index is 0.102. The van der Waals surface area contributed by atoms with Gasteiger partial charge in [-0.05, 0) is 19.9 Å². The number of aromatic amines is 1. The van der Waals surface area contributed by atoms with Gasteiger partial charge in [0.2, 0.25) is 0 Å². The molecule has 0 saturated carbocycles. The summed E-state index contributed by atoms with van der Waals surface area (Å²) in [7, 11) is 1.66. The summed E-state index contributed by atoms with van der Waals surface area (Å²) in [5.74, 6) is 0.102. The molecule has 0 fully saturated rings. The average molecular weight is 220 g/mol. The molecule has 1 heterocycles. The molecule has 0 aliphatic rings. The number of carbonyl (C=O) groups excluding carboxylic acids is 1. The molecule has 1 aromatic heterocycles. The van der Waals surface area contributed by atoms with Crippen LogP contribution in [0, 0.1) is 0 Å². The van der Waals surface area contributed by atoms with E-state index in [1.807, 2.05) is 6.92 Å². The molecule has 0 bridgehead atoms. The lowest BCUT2D eigenvalue weighted by molar-refractivity contribution is -0.116. The van der Waals surface area contributed by atoms with E-state index in [0.29, 0.717) is 17.2 Å². The lowest BCUT2D eigenvalue weighted by atomic mass is 10.2. The molecule has 0 aliphatic carbocycles. The van der Waals surface area contributed by atoms with Crippen molar-refractivity contribution in [3.8, 4) is 0 Å². The van der Waals surface area contributed by atoms with Gasteiger partial charge in [0.25, 0.3) is 5.56 Å². The Bertz CT molecular complexity index is 588. The Hall–Kier alpha value is -1.84. The van der Waals surface area contributed by atoms with Crippen LogP contribution in [-0.2, 0) is 11.8 Å². The van der Waals surface area contributed by atoms with Crippen molar-refractivity contribution in [3.63, 3.8) is 0 Å². The fourth-order valence-electron chi connectivity index (χ4n) is 1.29. The zero-order valence-corrected chi connectivity index (χ0v) is 9.83. The van der Waals surface area contributed by atoms with Crippen LogP contribution in [-0.4, -0.2) is 15.3 Å². The first-order valence-corrected chi connectivity index (χ1v) is 5.03. The highest BCUT2D eigenvalue weighted by Crippen LogP contribution is 1.96. The van der Waals surface area contributed by atoms with Crippen molar-refractivity contribution >= 4 is 18.4 Å². The number of rotatable bonds is 3. The summed E-state index contributed by atoms with van der Waals surface area (Å²) >= 11 is 0. The van der Waals surface area contributed by atoms with Gasteiger partial charge in [0.05, 0.1) is 0 Å². The number of nitrogens with zero attached hydrogens (tertiary/aromatic N) is 1. The van der Waals surface area contributed by atoms with E-state index in [1.54, 1.807) is 19.2 Å². The van der Waals surface area contributed by atoms with Crippen molar-refractivity contribution in [3.05, 3.63) is 32.8 Å². The SMILES string of the molecule is C=c1[nH]/c(=C\C(C)=C\CC(C)=O)c(=O)n1C. The zero-order chi connectivity index (χ0) is 12.3. The number of aromatic nitrogens is 2. The summed E-state index contributed by atoms with van der Waals surface area (Å²) < 4.78 is 1.45. The van der Waals surface area contributed by atoms with Gasteiger partial charge in [0, 0.05) is 13.5 Å². The van der Waals surface area contributed by atoms with Gasteiger partial charge in [-0.1, -0.05) is 18.2 Å². The van der Waals surface area contributed by atoms with Crippen molar-refractivity contribution in [2.24, 2.45) is 7.05 Å². The molecule has 86 valence electrons. The molecule has 0 saturated heterocycles. The van der Waals surface area contributed by atoms with E-state index < -0.39 is 0 Å². The Labute approximate surface area is 93.6 Å². The quantitative estimate of drug-likeness (QED) is 0.769. The third kappa shape index (κ3) is 2.82. The predicted octanol–water partition coefficient (Wildman–Crippen LogP) is -0.170. The summed E-state index contributed by atoms with van der Waals surface area (Å²) in [5, 5.41) is 0.491. The van der Waals surface area contributed by atoms with E-state index in [-0.39, 0.29) is 11.3 Å². The van der Waals surface area contributed by atoms with E-state index in [4.69, 9.17) is 0 Å². The van der Waals surface area contributed by atoms with E-state index in [9.17, 15) is 9.59 Å². The number of hydrogen-bond acceptors (Lipinski definition) is 2. The van der Waals surface area contributed by atoms with Crippen LogP contribution in [0.15, 0.2) is 16.4 Å². The van der Waals surface area contributed by atoms with Crippen LogP contribution in [0.4, 0.5) is 0 Å². The molecule has 0 spiro atoms. The molecule has 0 atom stereocenters. The first-order chi connectivity index (χ1) is 7.41. The second kappa shape index (κ2) is 4.79. The van der Waals surface area contributed by atoms with Crippen molar-refractivity contribution in [1.29, 1.82) is 0 Å². The normalized spacial score (nSPS) is 13.2. The molecular formula is C12H16N2O2. The standard InChI is InChI=1S/C12H16N2O2/c1-8(5-6-9(2)15)7-11-12(16)14(4)10(3)13-11/h5,7,13H,3,6H2,1-2,4H3/b8-5+,11-7-. The summed E-state index contributed by atoms with van der Waals surface area (Å²) in [4.78, 5) is 25.3. The van der Waals surface area contributed by atoms with Crippen LogP contribution in [0.1, 0.15) is 20.3 Å². The molecule has 1 N–H and O–H groups in total. The molecule has 4 nitrogen and oxygen atoms in total. The number of Topliss-reactive ketones (excluding diaryl/α,β-unsaturated/α-hetero) is 1. The maximum Gasteiger partial charge on any atom is 0.275 e. The van der Waals surface area contributed by atoms with E-state index in [0.717, 1.165) is 5.57 Å². The number of carbonyl (C=O) groups is 1. The number of hydrogen-bond donors (Lipinski definition) is 1. The number of H-pyrrole nitrogens is 1. The summed E-state index contributed by atoms with van der Waals surface area (Å²) in [6, 6.07) is 0. The molecular weight excluding hydrogens is 204 g/mol. The average Bonchev–Trinajstić information content (AvgIpc) is 2.43. The van der Waals surface area contributed by atoms with Crippen LogP contribution < -0.4 is 16.4 Å². The fourth-order valence-corrected chi connectivity index (χ4v) is 1.29. The minimum Gasteiger partial charge on any atom is -0.338 e. The number of imidazole rings is 1. The third-order valence-electron chi connectivity index (χ3n) is 2.30. The van der Waals surface area contributed by atoms with Crippen molar-refractivity contribution in [1.82, 2.24) is 9.55 Å². The first-order valence-electron chi connectivity index (χ1n) is 5.03. The lowest BCUT2D eigenvalue weighted by Crippen LogP contribution is -2.28. The lowest BCUT2D eigenvalue weighted by Gasteiger charge is -1.89. The van der Waals surface area contributed by atoms with Gasteiger partial charge in [0.15, 0.2) is 0 Å². The predicted molar refractivity (Wildman–Crippen MR) is 64.3 cm³/mol. The molecule has 4 heteroatoms. The van der Waals surface area contributed by atoms with Gasteiger partial charge < -0.3 is 4.98 Å². The van der Waals surface area contributed by atoms with Crippen molar-refractivity contribution in [2.75, 3.05) is 0 Å². The highest BCUT2D eigenvalue weighted by atomic mass is 16.1. The smallest absolute Gasteiger partial charge is 0.275 e. The molecule has 0 radical (unpaired) electrons. The van der Waals surface area contributed by atoms with Crippen molar-refractivity contribution in [2.45, 2.75) is 20.3 Å². The number of nitrogens with one attached hydrogen (secondary N) is 1. The van der Waals surface area contributed by atoms with Gasteiger partial charge in [-0.2, -0.15) is 0 Å². The topological polar surface area (TPSA) is 54.9 Å². The molecule has 1 aromatic rings. The molecule has 0 aromatic carbocycles. The van der Waals surface area contributed by atoms with Gasteiger partial charge >= 0.3 is 0 Å². The molecule has 0 amide bonds. The van der Waals surface area contributed by atoms with Crippen LogP contribution in [0.3, 0.4) is 0 Å². The summed E-state index contributed by atoms with van der Waals surface area (Å²) in [5.41, 5.74) is 1.34. The van der Waals surface area contributed by atoms with E-state index in [2.05, 4.69) is 11.6 Å². The molecule has 1 rings (SSSR count). The van der Waals surface area contributed by atoms with Gasteiger partial charge in [-0.15, -0.1) is 0 Å². The second-order valence-corrected chi connectivity index (χ2v) is 3.85. The second-order valence-electron chi connectivity index (χ2n) is 3.85. The summed E-state index contributed by atoms with van der Waals surface area (Å²) in [6.07, 6.45) is 3.91. The van der Waals surface area contributed by atoms with Crippen LogP contribution >= 0.6 is 0 Å². The van der Waals surface area contributed by atoms with E-state index >= 15 is 0 Å². The number of allylic oxidation sites excluding steroid dienone is 2. The Morgan fingerprint density at radius 1 is 1.50 bits per heavy atom. The highest BCUT2D eigenvalue weighted by molar-refractivity contribution is 5.77. The molecule has 16 heavy (non-hydrogen) atoms. The maximum absolute atomic E-state index is 11.6. The molecule has 0 unspecified atom stereocenters. The van der Waals surface area contributed by atoms with Crippen LogP contribution in [0.5, 0.6) is 0 Å². The van der Waals surface area contributed by atoms with Crippen LogP contribution in [0.2, 0.25) is 0 Å². The van der Waals surface area contributed by atoms with E-state index in [1.165, 1.54) is 11.5 Å². The molecule has 0 aliphatic heterocycles. The first kappa shape index (κ1) is 12.2. The fraction of sp³-hybridized carbons (Fsp3) is 0.333. The Morgan fingerprint density at radius 3 is 2.56 bits per heavy atom. The van der Waals surface area contributed by atoms with Gasteiger partial charge in [0.1, 0.15) is 16.6 Å². The van der Waals surface area contributed by atoms with Gasteiger partial charge in [-0.3, -0.25) is 14.2 Å². The minimum atomic E-state index is -0.111. The highest BCUT2D eigenvalue weighted by Gasteiger charge is 1.96. The van der Waals surface area contributed by atoms with Gasteiger partial charge in [-0.25, -0.2) is 0 Å². The monoisotopic (exact) mass is 220 g/mol.